The summed E-state index contributed by atoms with van der Waals surface area (Å²) >= 11 is 3.40. The van der Waals surface area contributed by atoms with Gasteiger partial charge >= 0.3 is 6.03 Å². The number of carbonyl (C=O) groups excluding carboxylic acids is 1. The normalized spacial score (nSPS) is 17.5. The van der Waals surface area contributed by atoms with Gasteiger partial charge in [-0.3, -0.25) is 4.90 Å². The minimum absolute atomic E-state index is 0.0730. The van der Waals surface area contributed by atoms with E-state index < -0.39 is 0 Å². The van der Waals surface area contributed by atoms with Crippen LogP contribution in [0, 0.1) is 0 Å². The predicted octanol–water partition coefficient (Wildman–Crippen LogP) is 3.26. The summed E-state index contributed by atoms with van der Waals surface area (Å²) in [5.41, 5.74) is 1.78. The summed E-state index contributed by atoms with van der Waals surface area (Å²) in [7, 11) is 1.62. The number of amides is 2. The topological polar surface area (TPSA) is 53.0 Å². The first-order chi connectivity index (χ1) is 11.6. The molecule has 3 rings (SSSR count). The first-order valence-corrected chi connectivity index (χ1v) is 8.49. The van der Waals surface area contributed by atoms with Gasteiger partial charge in [0.2, 0.25) is 0 Å². The Kier molecular flexibility index (Phi) is 5.06. The Labute approximate surface area is 149 Å². The smallest absolute Gasteiger partial charge is 0.325 e. The molecule has 1 fully saturated rings. The fourth-order valence-corrected chi connectivity index (χ4v) is 3.17. The van der Waals surface area contributed by atoms with Gasteiger partial charge in [-0.15, -0.1) is 0 Å². The fourth-order valence-electron chi connectivity index (χ4n) is 2.91. The SMILES string of the molecule is COc1cccc(CN2CC(CO)N(c3ccc(Br)cc3)C2=O)c1. The van der Waals surface area contributed by atoms with Gasteiger partial charge in [0.05, 0.1) is 19.8 Å². The predicted molar refractivity (Wildman–Crippen MR) is 96.3 cm³/mol. The minimum atomic E-state index is -0.246. The molecule has 0 bridgehead atoms. The second-order valence-electron chi connectivity index (χ2n) is 5.70. The second-order valence-corrected chi connectivity index (χ2v) is 6.61. The Hall–Kier alpha value is -2.05. The zero-order chi connectivity index (χ0) is 17.1. The number of benzene rings is 2. The Bertz CT molecular complexity index is 720. The van der Waals surface area contributed by atoms with Crippen molar-refractivity contribution >= 4 is 27.6 Å². The van der Waals surface area contributed by atoms with Gasteiger partial charge in [0.25, 0.3) is 0 Å². The molecular weight excluding hydrogens is 372 g/mol. The highest BCUT2D eigenvalue weighted by atomic mass is 79.9. The van der Waals surface area contributed by atoms with Crippen LogP contribution in [0.3, 0.4) is 0 Å². The number of carbonyl (C=O) groups is 1. The van der Waals surface area contributed by atoms with Crippen LogP contribution >= 0.6 is 15.9 Å². The van der Waals surface area contributed by atoms with E-state index in [1.807, 2.05) is 48.5 Å². The number of methoxy groups -OCH3 is 1. The molecule has 1 unspecified atom stereocenters. The number of halogens is 1. The highest BCUT2D eigenvalue weighted by Gasteiger charge is 2.37. The maximum Gasteiger partial charge on any atom is 0.325 e. The van der Waals surface area contributed by atoms with Crippen LogP contribution in [0.4, 0.5) is 10.5 Å². The van der Waals surface area contributed by atoms with E-state index in [0.717, 1.165) is 21.5 Å². The van der Waals surface area contributed by atoms with Crippen LogP contribution in [0.25, 0.3) is 0 Å². The largest absolute Gasteiger partial charge is 0.497 e. The molecule has 1 N–H and O–H groups in total. The van der Waals surface area contributed by atoms with Crippen molar-refractivity contribution in [3.8, 4) is 5.75 Å². The van der Waals surface area contributed by atoms with Gasteiger partial charge in [0.1, 0.15) is 5.75 Å². The van der Waals surface area contributed by atoms with Gasteiger partial charge < -0.3 is 14.7 Å². The van der Waals surface area contributed by atoms with E-state index >= 15 is 0 Å². The summed E-state index contributed by atoms with van der Waals surface area (Å²) in [5, 5.41) is 9.69. The zero-order valence-electron chi connectivity index (χ0n) is 13.4. The van der Waals surface area contributed by atoms with Crippen LogP contribution in [0.2, 0.25) is 0 Å². The summed E-state index contributed by atoms with van der Waals surface area (Å²) < 4.78 is 6.18. The summed E-state index contributed by atoms with van der Waals surface area (Å²) in [4.78, 5) is 16.2. The molecule has 0 saturated carbocycles. The van der Waals surface area contributed by atoms with Crippen molar-refractivity contribution < 1.29 is 14.6 Å². The molecule has 0 aliphatic carbocycles. The quantitative estimate of drug-likeness (QED) is 0.852. The standard InChI is InChI=1S/C18H19BrN2O3/c1-24-17-4-2-3-13(9-17)10-20-11-16(12-22)21(18(20)23)15-7-5-14(19)6-8-15/h2-9,16,22H,10-12H2,1H3. The summed E-state index contributed by atoms with van der Waals surface area (Å²) in [6.45, 7) is 0.901. The van der Waals surface area contributed by atoms with Crippen LogP contribution in [0.5, 0.6) is 5.75 Å². The Morgan fingerprint density at radius 3 is 2.67 bits per heavy atom. The third kappa shape index (κ3) is 3.39. The number of aliphatic hydroxyl groups excluding tert-OH is 1. The molecule has 2 aromatic rings. The van der Waals surface area contributed by atoms with E-state index in [-0.39, 0.29) is 18.7 Å². The fraction of sp³-hybridized carbons (Fsp3) is 0.278. The van der Waals surface area contributed by atoms with E-state index in [9.17, 15) is 9.90 Å². The molecule has 126 valence electrons. The Morgan fingerprint density at radius 1 is 1.25 bits per heavy atom. The highest BCUT2D eigenvalue weighted by molar-refractivity contribution is 9.10. The van der Waals surface area contributed by atoms with E-state index in [2.05, 4.69) is 15.9 Å². The third-order valence-corrected chi connectivity index (χ3v) is 4.62. The number of rotatable bonds is 5. The lowest BCUT2D eigenvalue weighted by molar-refractivity contribution is 0.217. The van der Waals surface area contributed by atoms with Crippen molar-refractivity contribution in [2.24, 2.45) is 0 Å². The summed E-state index contributed by atoms with van der Waals surface area (Å²) in [5.74, 6) is 0.766. The number of aliphatic hydroxyl groups is 1. The summed E-state index contributed by atoms with van der Waals surface area (Å²) in [6, 6.07) is 14.9. The highest BCUT2D eigenvalue weighted by Crippen LogP contribution is 2.27. The van der Waals surface area contributed by atoms with Crippen LogP contribution in [0.1, 0.15) is 5.56 Å². The number of hydrogen-bond acceptors (Lipinski definition) is 3. The van der Waals surface area contributed by atoms with Crippen molar-refractivity contribution in [3.05, 3.63) is 58.6 Å². The molecule has 2 aromatic carbocycles. The first kappa shape index (κ1) is 16.8. The van der Waals surface area contributed by atoms with Crippen LogP contribution < -0.4 is 9.64 Å². The number of hydrogen-bond donors (Lipinski definition) is 1. The zero-order valence-corrected chi connectivity index (χ0v) is 14.9. The van der Waals surface area contributed by atoms with E-state index in [1.54, 1.807) is 16.9 Å². The molecule has 5 nitrogen and oxygen atoms in total. The van der Waals surface area contributed by atoms with E-state index in [4.69, 9.17) is 4.74 Å². The Morgan fingerprint density at radius 2 is 2.00 bits per heavy atom. The van der Waals surface area contributed by atoms with Crippen molar-refractivity contribution in [2.75, 3.05) is 25.2 Å². The number of nitrogens with zero attached hydrogens (tertiary/aromatic N) is 2. The van der Waals surface area contributed by atoms with Gasteiger partial charge in [0, 0.05) is 23.2 Å². The second kappa shape index (κ2) is 7.23. The number of urea groups is 1. The maximum atomic E-state index is 12.8. The Balaban J connectivity index is 1.81. The van der Waals surface area contributed by atoms with Gasteiger partial charge in [-0.25, -0.2) is 4.79 Å². The number of ether oxygens (including phenoxy) is 1. The van der Waals surface area contributed by atoms with Gasteiger partial charge in [-0.1, -0.05) is 28.1 Å². The van der Waals surface area contributed by atoms with Crippen molar-refractivity contribution in [3.63, 3.8) is 0 Å². The molecule has 1 aliphatic heterocycles. The van der Waals surface area contributed by atoms with Crippen molar-refractivity contribution in [1.29, 1.82) is 0 Å². The molecule has 1 aliphatic rings. The average Bonchev–Trinajstić information content (AvgIpc) is 2.92. The molecular formula is C18H19BrN2O3. The maximum absolute atomic E-state index is 12.8. The number of anilines is 1. The molecule has 1 saturated heterocycles. The lowest BCUT2D eigenvalue weighted by Crippen LogP contribution is -2.36. The summed E-state index contributed by atoms with van der Waals surface area (Å²) in [6.07, 6.45) is 0. The van der Waals surface area contributed by atoms with Crippen LogP contribution in [-0.4, -0.2) is 42.3 Å². The molecule has 2 amide bonds. The van der Waals surface area contributed by atoms with Gasteiger partial charge in [-0.2, -0.15) is 0 Å². The molecule has 0 spiro atoms. The molecule has 0 radical (unpaired) electrons. The van der Waals surface area contributed by atoms with Crippen molar-refractivity contribution in [1.82, 2.24) is 4.90 Å². The average molecular weight is 391 g/mol. The van der Waals surface area contributed by atoms with Gasteiger partial charge in [0.15, 0.2) is 0 Å². The molecule has 24 heavy (non-hydrogen) atoms. The van der Waals surface area contributed by atoms with Crippen LogP contribution in [-0.2, 0) is 6.54 Å². The third-order valence-electron chi connectivity index (χ3n) is 4.10. The minimum Gasteiger partial charge on any atom is -0.497 e. The van der Waals surface area contributed by atoms with Crippen molar-refractivity contribution in [2.45, 2.75) is 12.6 Å². The van der Waals surface area contributed by atoms with E-state index in [0.29, 0.717) is 13.1 Å². The van der Waals surface area contributed by atoms with Gasteiger partial charge in [-0.05, 0) is 42.0 Å². The monoisotopic (exact) mass is 390 g/mol. The van der Waals surface area contributed by atoms with Crippen LogP contribution in [0.15, 0.2) is 53.0 Å². The lowest BCUT2D eigenvalue weighted by atomic mass is 10.2. The molecule has 1 heterocycles. The lowest BCUT2D eigenvalue weighted by Gasteiger charge is -2.22. The first-order valence-electron chi connectivity index (χ1n) is 7.70. The molecule has 1 atom stereocenters. The molecule has 0 aromatic heterocycles. The van der Waals surface area contributed by atoms with E-state index in [1.165, 1.54) is 0 Å². The molecule has 6 heteroatoms.